The highest BCUT2D eigenvalue weighted by atomic mass is 15.3. The molecule has 0 fully saturated rings. The van der Waals surface area contributed by atoms with Crippen LogP contribution in [0.1, 0.15) is 43.1 Å². The number of fused-ring (bicyclic) bond motifs is 1. The van der Waals surface area contributed by atoms with Crippen LogP contribution in [0.15, 0.2) is 0 Å². The van der Waals surface area contributed by atoms with Crippen molar-refractivity contribution in [3.05, 3.63) is 17.0 Å². The van der Waals surface area contributed by atoms with Crippen LogP contribution < -0.4 is 5.32 Å². The Morgan fingerprint density at radius 2 is 2.38 bits per heavy atom. The first-order valence-corrected chi connectivity index (χ1v) is 5.90. The Labute approximate surface area is 96.3 Å². The number of nitrogens with one attached hydrogen (secondary N) is 1. The summed E-state index contributed by atoms with van der Waals surface area (Å²) in [5.74, 6) is 0.456. The van der Waals surface area contributed by atoms with E-state index in [1.54, 1.807) is 0 Å². The van der Waals surface area contributed by atoms with Crippen LogP contribution in [0.2, 0.25) is 0 Å². The molecule has 1 aromatic rings. The highest BCUT2D eigenvalue weighted by Crippen LogP contribution is 2.24. The molecule has 16 heavy (non-hydrogen) atoms. The quantitative estimate of drug-likeness (QED) is 0.837. The Morgan fingerprint density at radius 3 is 3.06 bits per heavy atom. The van der Waals surface area contributed by atoms with Crippen molar-refractivity contribution in [3.63, 3.8) is 0 Å². The van der Waals surface area contributed by atoms with Gasteiger partial charge in [-0.3, -0.25) is 4.68 Å². The Hall–Kier alpha value is -1.34. The Kier molecular flexibility index (Phi) is 3.25. The number of rotatable bonds is 3. The zero-order valence-corrected chi connectivity index (χ0v) is 9.95. The zero-order chi connectivity index (χ0) is 11.5. The summed E-state index contributed by atoms with van der Waals surface area (Å²) >= 11 is 0. The zero-order valence-electron chi connectivity index (χ0n) is 9.95. The molecule has 0 radical (unpaired) electrons. The van der Waals surface area contributed by atoms with Crippen molar-refractivity contribution in [1.82, 2.24) is 15.1 Å². The van der Waals surface area contributed by atoms with Crippen LogP contribution in [0.3, 0.4) is 0 Å². The molecule has 1 aliphatic heterocycles. The summed E-state index contributed by atoms with van der Waals surface area (Å²) in [4.78, 5) is 0. The van der Waals surface area contributed by atoms with Crippen LogP contribution in [0.5, 0.6) is 0 Å². The van der Waals surface area contributed by atoms with E-state index in [0.717, 1.165) is 26.1 Å². The lowest BCUT2D eigenvalue weighted by Gasteiger charge is -2.15. The van der Waals surface area contributed by atoms with E-state index in [2.05, 4.69) is 30.3 Å². The minimum absolute atomic E-state index is 0.456. The summed E-state index contributed by atoms with van der Waals surface area (Å²) in [7, 11) is 0. The molecule has 0 spiro atoms. The van der Waals surface area contributed by atoms with Crippen LogP contribution in [0, 0.1) is 11.3 Å². The van der Waals surface area contributed by atoms with Gasteiger partial charge in [0.2, 0.25) is 0 Å². The molecule has 0 unspecified atom stereocenters. The molecular formula is C12H18N4. The molecule has 2 heterocycles. The molecule has 4 nitrogen and oxygen atoms in total. The van der Waals surface area contributed by atoms with Crippen molar-refractivity contribution in [2.24, 2.45) is 0 Å². The summed E-state index contributed by atoms with van der Waals surface area (Å²) in [5, 5.41) is 16.7. The summed E-state index contributed by atoms with van der Waals surface area (Å²) in [5.41, 5.74) is 3.89. The Balaban J connectivity index is 2.35. The maximum Gasteiger partial charge on any atom is 0.0697 e. The summed E-state index contributed by atoms with van der Waals surface area (Å²) in [6.45, 7) is 7.02. The van der Waals surface area contributed by atoms with Gasteiger partial charge in [0.1, 0.15) is 0 Å². The van der Waals surface area contributed by atoms with Crippen molar-refractivity contribution in [3.8, 4) is 6.07 Å². The molecular weight excluding hydrogens is 200 g/mol. The van der Waals surface area contributed by atoms with E-state index in [1.807, 2.05) is 4.68 Å². The van der Waals surface area contributed by atoms with Gasteiger partial charge in [-0.05, 0) is 5.92 Å². The normalized spacial score (nSPS) is 14.9. The fourth-order valence-electron chi connectivity index (χ4n) is 2.25. The first-order valence-electron chi connectivity index (χ1n) is 5.90. The summed E-state index contributed by atoms with van der Waals surface area (Å²) in [6.07, 6.45) is 1.57. The van der Waals surface area contributed by atoms with Crippen LogP contribution in [0.4, 0.5) is 0 Å². The van der Waals surface area contributed by atoms with Crippen molar-refractivity contribution in [2.75, 3.05) is 6.54 Å². The standard InChI is InChI=1S/C12H18N4/c1-9(2)12-10-8-14-6-4-11(10)16(15-12)7-3-5-13/h9,14H,3-4,6-8H2,1-2H3. The van der Waals surface area contributed by atoms with E-state index < -0.39 is 0 Å². The van der Waals surface area contributed by atoms with Gasteiger partial charge in [0.15, 0.2) is 0 Å². The number of nitrogens with zero attached hydrogens (tertiary/aromatic N) is 3. The molecule has 1 aliphatic rings. The van der Waals surface area contributed by atoms with Crippen LogP contribution in [0.25, 0.3) is 0 Å². The van der Waals surface area contributed by atoms with E-state index in [-0.39, 0.29) is 0 Å². The molecule has 0 bridgehead atoms. The van der Waals surface area contributed by atoms with E-state index in [9.17, 15) is 0 Å². The van der Waals surface area contributed by atoms with E-state index in [1.165, 1.54) is 17.0 Å². The molecule has 86 valence electrons. The molecule has 1 aromatic heterocycles. The Morgan fingerprint density at radius 1 is 1.56 bits per heavy atom. The topological polar surface area (TPSA) is 53.6 Å². The van der Waals surface area contributed by atoms with Crippen LogP contribution in [-0.4, -0.2) is 16.3 Å². The third-order valence-corrected chi connectivity index (χ3v) is 3.02. The van der Waals surface area contributed by atoms with Crippen molar-refractivity contribution >= 4 is 0 Å². The lowest BCUT2D eigenvalue weighted by atomic mass is 10.0. The molecule has 0 amide bonds. The van der Waals surface area contributed by atoms with Gasteiger partial charge in [0.25, 0.3) is 0 Å². The second-order valence-corrected chi connectivity index (χ2v) is 4.52. The summed E-state index contributed by atoms with van der Waals surface area (Å²) < 4.78 is 2.04. The lowest BCUT2D eigenvalue weighted by molar-refractivity contribution is 0.555. The van der Waals surface area contributed by atoms with E-state index in [0.29, 0.717) is 12.3 Å². The molecule has 0 saturated carbocycles. The number of nitriles is 1. The van der Waals surface area contributed by atoms with Gasteiger partial charge in [-0.2, -0.15) is 10.4 Å². The smallest absolute Gasteiger partial charge is 0.0697 e. The third-order valence-electron chi connectivity index (χ3n) is 3.02. The van der Waals surface area contributed by atoms with Gasteiger partial charge >= 0.3 is 0 Å². The minimum Gasteiger partial charge on any atom is -0.312 e. The van der Waals surface area contributed by atoms with Gasteiger partial charge in [0, 0.05) is 30.8 Å². The molecule has 0 saturated heterocycles. The van der Waals surface area contributed by atoms with Crippen molar-refractivity contribution < 1.29 is 0 Å². The fourth-order valence-corrected chi connectivity index (χ4v) is 2.25. The lowest BCUT2D eigenvalue weighted by Crippen LogP contribution is -2.25. The number of aromatic nitrogens is 2. The third kappa shape index (κ3) is 1.96. The Bertz CT molecular complexity index is 411. The van der Waals surface area contributed by atoms with E-state index >= 15 is 0 Å². The SMILES string of the molecule is CC(C)c1nn(CCC#N)c2c1CNCC2. The second-order valence-electron chi connectivity index (χ2n) is 4.52. The maximum absolute atomic E-state index is 8.64. The predicted molar refractivity (Wildman–Crippen MR) is 62.0 cm³/mol. The van der Waals surface area contributed by atoms with Crippen LogP contribution >= 0.6 is 0 Å². The van der Waals surface area contributed by atoms with Gasteiger partial charge < -0.3 is 5.32 Å². The minimum atomic E-state index is 0.456. The number of hydrogen-bond donors (Lipinski definition) is 1. The highest BCUT2D eigenvalue weighted by molar-refractivity contribution is 5.30. The molecule has 0 atom stereocenters. The van der Waals surface area contributed by atoms with Crippen molar-refractivity contribution in [1.29, 1.82) is 5.26 Å². The monoisotopic (exact) mass is 218 g/mol. The molecule has 0 aromatic carbocycles. The molecule has 1 N–H and O–H groups in total. The number of aryl methyl sites for hydroxylation is 1. The molecule has 0 aliphatic carbocycles. The maximum atomic E-state index is 8.64. The average molecular weight is 218 g/mol. The number of hydrogen-bond acceptors (Lipinski definition) is 3. The van der Waals surface area contributed by atoms with Gasteiger partial charge in [0.05, 0.1) is 24.7 Å². The van der Waals surface area contributed by atoms with Crippen LogP contribution in [-0.2, 0) is 19.5 Å². The fraction of sp³-hybridized carbons (Fsp3) is 0.667. The van der Waals surface area contributed by atoms with Crippen molar-refractivity contribution in [2.45, 2.75) is 45.7 Å². The van der Waals surface area contributed by atoms with E-state index in [4.69, 9.17) is 5.26 Å². The first-order chi connectivity index (χ1) is 7.74. The van der Waals surface area contributed by atoms with Gasteiger partial charge in [-0.25, -0.2) is 0 Å². The van der Waals surface area contributed by atoms with Gasteiger partial charge in [-0.15, -0.1) is 0 Å². The molecule has 2 rings (SSSR count). The first kappa shape index (κ1) is 11.2. The predicted octanol–water partition coefficient (Wildman–Crippen LogP) is 1.57. The molecule has 4 heteroatoms. The summed E-state index contributed by atoms with van der Waals surface area (Å²) in [6, 6.07) is 2.19. The second kappa shape index (κ2) is 4.67. The van der Waals surface area contributed by atoms with Gasteiger partial charge in [-0.1, -0.05) is 13.8 Å². The highest BCUT2D eigenvalue weighted by Gasteiger charge is 2.21. The average Bonchev–Trinajstić information content (AvgIpc) is 2.65. The largest absolute Gasteiger partial charge is 0.312 e.